The highest BCUT2D eigenvalue weighted by Crippen LogP contribution is 2.21. The van der Waals surface area contributed by atoms with Gasteiger partial charge in [0.2, 0.25) is 5.91 Å². The summed E-state index contributed by atoms with van der Waals surface area (Å²) in [7, 11) is 0. The molecule has 1 amide bonds. The molecule has 0 saturated carbocycles. The minimum absolute atomic E-state index is 0.132. The van der Waals surface area contributed by atoms with Gasteiger partial charge in [-0.05, 0) is 12.8 Å². The number of hydrogen-bond acceptors (Lipinski definition) is 3. The first kappa shape index (κ1) is 16.2. The molecule has 1 N–H and O–H groups in total. The number of nitrogens with zero attached hydrogens (tertiary/aromatic N) is 1. The first-order chi connectivity index (χ1) is 8.89. The van der Waals surface area contributed by atoms with Crippen molar-refractivity contribution in [3.63, 3.8) is 0 Å². The van der Waals surface area contributed by atoms with E-state index in [1.807, 2.05) is 0 Å². The highest BCUT2D eigenvalue weighted by molar-refractivity contribution is 5.82. The van der Waals surface area contributed by atoms with Crippen LogP contribution in [-0.4, -0.2) is 55.4 Å². The lowest BCUT2D eigenvalue weighted by Crippen LogP contribution is -2.56. The average molecular weight is 282 g/mol. The predicted molar refractivity (Wildman–Crippen MR) is 64.7 cm³/mol. The molecule has 0 aromatic carbocycles. The van der Waals surface area contributed by atoms with Gasteiger partial charge in [-0.1, -0.05) is 13.8 Å². The molecular formula is C12H21F3N2O2. The van der Waals surface area contributed by atoms with E-state index < -0.39 is 30.7 Å². The van der Waals surface area contributed by atoms with E-state index in [2.05, 4.69) is 5.32 Å². The second kappa shape index (κ2) is 7.09. The van der Waals surface area contributed by atoms with Crippen molar-refractivity contribution in [3.05, 3.63) is 0 Å². The molecule has 112 valence electrons. The zero-order chi connectivity index (χ0) is 14.5. The number of alkyl halides is 3. The van der Waals surface area contributed by atoms with Gasteiger partial charge in [-0.2, -0.15) is 13.2 Å². The van der Waals surface area contributed by atoms with Crippen LogP contribution in [0.5, 0.6) is 0 Å². The number of amides is 1. The Balaban J connectivity index is 2.78. The van der Waals surface area contributed by atoms with Gasteiger partial charge in [-0.25, -0.2) is 0 Å². The topological polar surface area (TPSA) is 41.6 Å². The van der Waals surface area contributed by atoms with Crippen molar-refractivity contribution in [2.75, 3.05) is 26.3 Å². The highest BCUT2D eigenvalue weighted by Gasteiger charge is 2.38. The lowest BCUT2D eigenvalue weighted by molar-refractivity contribution is -0.169. The fourth-order valence-electron chi connectivity index (χ4n) is 2.23. The Labute approximate surface area is 111 Å². The van der Waals surface area contributed by atoms with Crippen molar-refractivity contribution in [2.24, 2.45) is 0 Å². The van der Waals surface area contributed by atoms with Crippen molar-refractivity contribution in [1.82, 2.24) is 10.2 Å². The summed E-state index contributed by atoms with van der Waals surface area (Å²) in [5.74, 6) is -0.522. The number of ether oxygens (including phenoxy) is 1. The van der Waals surface area contributed by atoms with Gasteiger partial charge in [0, 0.05) is 12.6 Å². The first-order valence-corrected chi connectivity index (χ1v) is 6.57. The molecular weight excluding hydrogens is 261 g/mol. The fraction of sp³-hybridized carbons (Fsp3) is 0.917. The van der Waals surface area contributed by atoms with E-state index in [0.717, 1.165) is 4.90 Å². The second-order valence-corrected chi connectivity index (χ2v) is 4.63. The lowest BCUT2D eigenvalue weighted by atomic mass is 10.1. The van der Waals surface area contributed by atoms with Crippen LogP contribution in [-0.2, 0) is 9.53 Å². The molecule has 1 aliphatic rings. The zero-order valence-electron chi connectivity index (χ0n) is 11.3. The van der Waals surface area contributed by atoms with Crippen LogP contribution in [0.1, 0.15) is 26.7 Å². The van der Waals surface area contributed by atoms with Crippen molar-refractivity contribution >= 4 is 5.91 Å². The molecule has 4 nitrogen and oxygen atoms in total. The number of carbonyl (C=O) groups is 1. The molecule has 1 fully saturated rings. The van der Waals surface area contributed by atoms with E-state index >= 15 is 0 Å². The Morgan fingerprint density at radius 3 is 2.47 bits per heavy atom. The van der Waals surface area contributed by atoms with E-state index in [4.69, 9.17) is 4.74 Å². The maximum Gasteiger partial charge on any atom is 0.406 e. The quantitative estimate of drug-likeness (QED) is 0.832. The molecule has 19 heavy (non-hydrogen) atoms. The van der Waals surface area contributed by atoms with Crippen LogP contribution in [0.3, 0.4) is 0 Å². The van der Waals surface area contributed by atoms with E-state index in [9.17, 15) is 18.0 Å². The normalized spacial score (nSPS) is 20.6. The Morgan fingerprint density at radius 1 is 1.42 bits per heavy atom. The van der Waals surface area contributed by atoms with E-state index in [-0.39, 0.29) is 6.61 Å². The zero-order valence-corrected chi connectivity index (χ0v) is 11.3. The van der Waals surface area contributed by atoms with Gasteiger partial charge in [0.15, 0.2) is 0 Å². The summed E-state index contributed by atoms with van der Waals surface area (Å²) in [6.07, 6.45) is -3.37. The largest absolute Gasteiger partial charge is 0.406 e. The van der Waals surface area contributed by atoms with Crippen LogP contribution in [0.4, 0.5) is 13.2 Å². The summed E-state index contributed by atoms with van der Waals surface area (Å²) in [6, 6.07) is -1.06. The predicted octanol–water partition coefficient (Wildman–Crippen LogP) is 1.55. The minimum atomic E-state index is -4.38. The Kier molecular flexibility index (Phi) is 6.06. The van der Waals surface area contributed by atoms with Gasteiger partial charge in [-0.3, -0.25) is 4.79 Å². The second-order valence-electron chi connectivity index (χ2n) is 4.63. The maximum atomic E-state index is 12.6. The Morgan fingerprint density at radius 2 is 2.05 bits per heavy atom. The van der Waals surface area contributed by atoms with Crippen LogP contribution in [0.25, 0.3) is 0 Å². The van der Waals surface area contributed by atoms with Crippen LogP contribution >= 0.6 is 0 Å². The van der Waals surface area contributed by atoms with Gasteiger partial charge >= 0.3 is 6.18 Å². The number of morpholine rings is 1. The molecule has 7 heteroatoms. The third-order valence-electron chi connectivity index (χ3n) is 3.24. The fourth-order valence-corrected chi connectivity index (χ4v) is 2.23. The van der Waals surface area contributed by atoms with E-state index in [1.54, 1.807) is 13.8 Å². The SMILES string of the molecule is CCC(CC)N(CC(F)(F)F)C(=O)C1COCCN1. The summed E-state index contributed by atoms with van der Waals surface area (Å²) in [6.45, 7) is 3.47. The molecule has 0 bridgehead atoms. The van der Waals surface area contributed by atoms with Crippen molar-refractivity contribution in [3.8, 4) is 0 Å². The number of nitrogens with one attached hydrogen (secondary N) is 1. The number of carbonyl (C=O) groups excluding carboxylic acids is 1. The minimum Gasteiger partial charge on any atom is -0.378 e. The van der Waals surface area contributed by atoms with Crippen molar-refractivity contribution in [1.29, 1.82) is 0 Å². The molecule has 1 unspecified atom stereocenters. The average Bonchev–Trinajstić information content (AvgIpc) is 2.38. The third-order valence-corrected chi connectivity index (χ3v) is 3.24. The third kappa shape index (κ3) is 4.99. The molecule has 0 spiro atoms. The number of halogens is 3. The van der Waals surface area contributed by atoms with E-state index in [1.165, 1.54) is 0 Å². The monoisotopic (exact) mass is 282 g/mol. The molecule has 1 aliphatic heterocycles. The summed E-state index contributed by atoms with van der Waals surface area (Å²) < 4.78 is 43.0. The lowest BCUT2D eigenvalue weighted by Gasteiger charge is -2.35. The van der Waals surface area contributed by atoms with Crippen LogP contribution in [0.15, 0.2) is 0 Å². The molecule has 1 heterocycles. The first-order valence-electron chi connectivity index (χ1n) is 6.57. The van der Waals surface area contributed by atoms with Gasteiger partial charge in [-0.15, -0.1) is 0 Å². The maximum absolute atomic E-state index is 12.6. The molecule has 0 aromatic heterocycles. The number of rotatable bonds is 5. The summed E-state index contributed by atoms with van der Waals surface area (Å²) in [4.78, 5) is 13.2. The summed E-state index contributed by atoms with van der Waals surface area (Å²) in [5, 5.41) is 2.90. The van der Waals surface area contributed by atoms with E-state index in [0.29, 0.717) is 26.0 Å². The Hall–Kier alpha value is -0.820. The van der Waals surface area contributed by atoms with Gasteiger partial charge in [0.25, 0.3) is 0 Å². The molecule has 0 aromatic rings. The smallest absolute Gasteiger partial charge is 0.378 e. The molecule has 1 saturated heterocycles. The molecule has 0 radical (unpaired) electrons. The molecule has 0 aliphatic carbocycles. The summed E-state index contributed by atoms with van der Waals surface area (Å²) in [5.41, 5.74) is 0. The molecule has 1 atom stereocenters. The van der Waals surface area contributed by atoms with Gasteiger partial charge in [0.05, 0.1) is 13.2 Å². The van der Waals surface area contributed by atoms with Crippen molar-refractivity contribution < 1.29 is 22.7 Å². The van der Waals surface area contributed by atoms with Crippen LogP contribution < -0.4 is 5.32 Å². The van der Waals surface area contributed by atoms with Crippen LogP contribution in [0, 0.1) is 0 Å². The van der Waals surface area contributed by atoms with Gasteiger partial charge < -0.3 is 15.0 Å². The number of hydrogen-bond donors (Lipinski definition) is 1. The van der Waals surface area contributed by atoms with Gasteiger partial charge in [0.1, 0.15) is 12.6 Å². The van der Waals surface area contributed by atoms with Crippen LogP contribution in [0.2, 0.25) is 0 Å². The molecule has 1 rings (SSSR count). The standard InChI is InChI=1S/C12H21F3N2O2/c1-3-9(4-2)17(8-12(13,14)15)11(18)10-7-19-6-5-16-10/h9-10,16H,3-8H2,1-2H3. The summed E-state index contributed by atoms with van der Waals surface area (Å²) >= 11 is 0. The van der Waals surface area contributed by atoms with Crippen molar-refractivity contribution in [2.45, 2.75) is 44.9 Å². The highest BCUT2D eigenvalue weighted by atomic mass is 19.4. The Bertz CT molecular complexity index is 287.